The minimum atomic E-state index is -2.39. The van der Waals surface area contributed by atoms with Crippen molar-refractivity contribution in [1.29, 1.82) is 0 Å². The summed E-state index contributed by atoms with van der Waals surface area (Å²) in [6, 6.07) is 5.06. The molecule has 0 saturated carbocycles. The lowest BCUT2D eigenvalue weighted by Gasteiger charge is -2.22. The first-order chi connectivity index (χ1) is 8.70. The minimum Gasteiger partial charge on any atom is -0.486 e. The molecule has 0 saturated heterocycles. The van der Waals surface area contributed by atoms with Crippen LogP contribution in [-0.4, -0.2) is 32.7 Å². The van der Waals surface area contributed by atoms with Gasteiger partial charge in [-0.3, -0.25) is 0 Å². The average molecular weight is 258 g/mol. The minimum absolute atomic E-state index is 0.242. The van der Waals surface area contributed by atoms with Gasteiger partial charge in [-0.1, -0.05) is 6.07 Å². The molecule has 0 bridgehead atoms. The van der Waals surface area contributed by atoms with Crippen molar-refractivity contribution in [2.75, 3.05) is 26.3 Å². The molecule has 1 aliphatic rings. The van der Waals surface area contributed by atoms with Gasteiger partial charge in [0.1, 0.15) is 13.2 Å². The van der Waals surface area contributed by atoms with Crippen molar-refractivity contribution in [2.24, 2.45) is 5.73 Å². The molecule has 3 N–H and O–H groups in total. The third-order valence-electron chi connectivity index (χ3n) is 2.72. The van der Waals surface area contributed by atoms with Gasteiger partial charge in [0.15, 0.2) is 11.5 Å². The van der Waals surface area contributed by atoms with E-state index in [1.807, 2.05) is 6.07 Å². The molecule has 0 amide bonds. The second-order valence-electron chi connectivity index (χ2n) is 3.99. The first kappa shape index (κ1) is 13.0. The normalized spacial score (nSPS) is 15.8. The molecule has 0 aliphatic carbocycles. The van der Waals surface area contributed by atoms with E-state index < -0.39 is 6.43 Å². The molecule has 1 unspecified atom stereocenters. The van der Waals surface area contributed by atoms with Gasteiger partial charge in [-0.15, -0.1) is 0 Å². The average Bonchev–Trinajstić information content (AvgIpc) is 2.39. The smallest absolute Gasteiger partial charge is 0.250 e. The number of hydrogen-bond acceptors (Lipinski definition) is 4. The van der Waals surface area contributed by atoms with E-state index in [1.165, 1.54) is 0 Å². The monoisotopic (exact) mass is 258 g/mol. The molecule has 4 nitrogen and oxygen atoms in total. The molecule has 2 rings (SSSR count). The molecule has 1 heterocycles. The topological polar surface area (TPSA) is 56.5 Å². The van der Waals surface area contributed by atoms with Crippen molar-refractivity contribution in [3.63, 3.8) is 0 Å². The third kappa shape index (κ3) is 3.08. The van der Waals surface area contributed by atoms with Crippen molar-refractivity contribution in [1.82, 2.24) is 5.32 Å². The summed E-state index contributed by atoms with van der Waals surface area (Å²) in [7, 11) is 0. The second kappa shape index (κ2) is 5.97. The summed E-state index contributed by atoms with van der Waals surface area (Å²) in [5, 5.41) is 2.72. The van der Waals surface area contributed by atoms with E-state index in [1.54, 1.807) is 12.1 Å². The van der Waals surface area contributed by atoms with Crippen LogP contribution in [0.1, 0.15) is 11.6 Å². The van der Waals surface area contributed by atoms with E-state index in [9.17, 15) is 8.78 Å². The van der Waals surface area contributed by atoms with Crippen LogP contribution in [0.4, 0.5) is 8.78 Å². The Morgan fingerprint density at radius 1 is 1.22 bits per heavy atom. The number of benzene rings is 1. The molecule has 0 spiro atoms. The quantitative estimate of drug-likeness (QED) is 0.836. The Kier molecular flexibility index (Phi) is 4.33. The van der Waals surface area contributed by atoms with Crippen LogP contribution in [0.3, 0.4) is 0 Å². The Morgan fingerprint density at radius 2 is 1.94 bits per heavy atom. The molecule has 0 aromatic heterocycles. The van der Waals surface area contributed by atoms with Gasteiger partial charge in [-0.05, 0) is 17.7 Å². The van der Waals surface area contributed by atoms with E-state index >= 15 is 0 Å². The number of halogens is 2. The van der Waals surface area contributed by atoms with Gasteiger partial charge in [0.2, 0.25) is 0 Å². The van der Waals surface area contributed by atoms with Gasteiger partial charge in [0, 0.05) is 12.6 Å². The zero-order chi connectivity index (χ0) is 13.0. The zero-order valence-corrected chi connectivity index (χ0v) is 9.86. The molecule has 0 fully saturated rings. The summed E-state index contributed by atoms with van der Waals surface area (Å²) in [6.07, 6.45) is -2.39. The molecular formula is C12H16F2N2O2. The Balaban J connectivity index is 2.10. The fraction of sp³-hybridized carbons (Fsp3) is 0.500. The summed E-state index contributed by atoms with van der Waals surface area (Å²) in [4.78, 5) is 0. The molecule has 100 valence electrons. The molecule has 6 heteroatoms. The van der Waals surface area contributed by atoms with Crippen molar-refractivity contribution < 1.29 is 18.3 Å². The lowest BCUT2D eigenvalue weighted by molar-refractivity contribution is 0.141. The van der Waals surface area contributed by atoms with E-state index in [0.29, 0.717) is 24.7 Å². The van der Waals surface area contributed by atoms with Gasteiger partial charge in [0.25, 0.3) is 6.43 Å². The lowest BCUT2D eigenvalue weighted by Crippen LogP contribution is -2.31. The Labute approximate surface area is 104 Å². The largest absolute Gasteiger partial charge is 0.486 e. The SMILES string of the molecule is NCC(NCC(F)F)c1ccc2c(c1)OCCO2. The summed E-state index contributed by atoms with van der Waals surface area (Å²) in [5.41, 5.74) is 6.41. The highest BCUT2D eigenvalue weighted by atomic mass is 19.3. The van der Waals surface area contributed by atoms with Crippen molar-refractivity contribution >= 4 is 0 Å². The van der Waals surface area contributed by atoms with Gasteiger partial charge < -0.3 is 20.5 Å². The first-order valence-corrected chi connectivity index (χ1v) is 5.82. The summed E-state index contributed by atoms with van der Waals surface area (Å²) in [5.74, 6) is 1.31. The highest BCUT2D eigenvalue weighted by Gasteiger charge is 2.16. The van der Waals surface area contributed by atoms with Crippen LogP contribution in [0.2, 0.25) is 0 Å². The number of fused-ring (bicyclic) bond motifs is 1. The Bertz CT molecular complexity index is 402. The Morgan fingerprint density at radius 3 is 2.61 bits per heavy atom. The van der Waals surface area contributed by atoms with Crippen LogP contribution >= 0.6 is 0 Å². The fourth-order valence-corrected chi connectivity index (χ4v) is 1.85. The van der Waals surface area contributed by atoms with E-state index in [4.69, 9.17) is 15.2 Å². The molecule has 1 aromatic carbocycles. The standard InChI is InChI=1S/C12H16F2N2O2/c13-12(14)7-16-9(6-15)8-1-2-10-11(5-8)18-4-3-17-10/h1-2,5,9,12,16H,3-4,6-7,15H2. The van der Waals surface area contributed by atoms with E-state index in [0.717, 1.165) is 5.56 Å². The highest BCUT2D eigenvalue weighted by Crippen LogP contribution is 2.32. The van der Waals surface area contributed by atoms with Crippen molar-refractivity contribution in [3.05, 3.63) is 23.8 Å². The first-order valence-electron chi connectivity index (χ1n) is 5.82. The highest BCUT2D eigenvalue weighted by molar-refractivity contribution is 5.44. The predicted molar refractivity (Wildman–Crippen MR) is 63.2 cm³/mol. The van der Waals surface area contributed by atoms with Crippen LogP contribution < -0.4 is 20.5 Å². The number of alkyl halides is 2. The van der Waals surface area contributed by atoms with Crippen molar-refractivity contribution in [3.8, 4) is 11.5 Å². The number of hydrogen-bond donors (Lipinski definition) is 2. The van der Waals surface area contributed by atoms with E-state index in [2.05, 4.69) is 5.32 Å². The molecular weight excluding hydrogens is 242 g/mol. The van der Waals surface area contributed by atoms with Gasteiger partial charge in [-0.2, -0.15) is 0 Å². The third-order valence-corrected chi connectivity index (χ3v) is 2.72. The fourth-order valence-electron chi connectivity index (χ4n) is 1.85. The molecule has 1 aliphatic heterocycles. The van der Waals surface area contributed by atoms with Gasteiger partial charge in [-0.25, -0.2) is 8.78 Å². The van der Waals surface area contributed by atoms with Crippen LogP contribution in [0.25, 0.3) is 0 Å². The lowest BCUT2D eigenvalue weighted by atomic mass is 10.1. The zero-order valence-electron chi connectivity index (χ0n) is 9.86. The predicted octanol–water partition coefficient (Wildman–Crippen LogP) is 1.31. The molecule has 1 atom stereocenters. The molecule has 18 heavy (non-hydrogen) atoms. The van der Waals surface area contributed by atoms with Crippen LogP contribution in [0.15, 0.2) is 18.2 Å². The summed E-state index contributed by atoms with van der Waals surface area (Å²) in [6.45, 7) is 0.882. The van der Waals surface area contributed by atoms with Gasteiger partial charge in [0.05, 0.1) is 6.54 Å². The number of nitrogens with one attached hydrogen (secondary N) is 1. The maximum Gasteiger partial charge on any atom is 0.250 e. The van der Waals surface area contributed by atoms with Crippen LogP contribution in [-0.2, 0) is 0 Å². The summed E-state index contributed by atoms with van der Waals surface area (Å²) < 4.78 is 35.2. The van der Waals surface area contributed by atoms with Crippen molar-refractivity contribution in [2.45, 2.75) is 12.5 Å². The number of nitrogens with two attached hydrogens (primary N) is 1. The number of rotatable bonds is 5. The molecule has 0 radical (unpaired) electrons. The van der Waals surface area contributed by atoms with E-state index in [-0.39, 0.29) is 19.1 Å². The van der Waals surface area contributed by atoms with Crippen LogP contribution in [0, 0.1) is 0 Å². The van der Waals surface area contributed by atoms with Gasteiger partial charge >= 0.3 is 0 Å². The molecule has 1 aromatic rings. The van der Waals surface area contributed by atoms with Crippen LogP contribution in [0.5, 0.6) is 11.5 Å². The Hall–Kier alpha value is -1.40. The summed E-state index contributed by atoms with van der Waals surface area (Å²) >= 11 is 0. The second-order valence-corrected chi connectivity index (χ2v) is 3.99. The maximum absolute atomic E-state index is 12.2. The number of ether oxygens (including phenoxy) is 2. The maximum atomic E-state index is 12.2.